The van der Waals surface area contributed by atoms with Crippen LogP contribution >= 0.6 is 0 Å². The number of Topliss-reactive ketones (excluding diaryl/α,β-unsaturated/α-hetero) is 1. The first-order valence-electron chi connectivity index (χ1n) is 8.34. The van der Waals surface area contributed by atoms with Crippen molar-refractivity contribution in [3.63, 3.8) is 0 Å². The fourth-order valence-electron chi connectivity index (χ4n) is 3.23. The molecule has 0 fully saturated rings. The quantitative estimate of drug-likeness (QED) is 0.775. The molecule has 2 heterocycles. The summed E-state index contributed by atoms with van der Waals surface area (Å²) in [6, 6.07) is 17.0. The summed E-state index contributed by atoms with van der Waals surface area (Å²) in [6.45, 7) is 3.45. The molecule has 0 amide bonds. The number of carbonyl (C=O) groups is 1. The molecule has 1 N–H and O–H groups in total. The van der Waals surface area contributed by atoms with E-state index in [1.54, 1.807) is 11.6 Å². The van der Waals surface area contributed by atoms with E-state index in [1.807, 2.05) is 61.5 Å². The second-order valence-corrected chi connectivity index (χ2v) is 6.14. The maximum Gasteiger partial charge on any atom is 0.226 e. The predicted octanol–water partition coefficient (Wildman–Crippen LogP) is 3.95. The Labute approximate surface area is 151 Å². The number of ketones is 1. The van der Waals surface area contributed by atoms with Gasteiger partial charge in [-0.15, -0.1) is 0 Å². The van der Waals surface area contributed by atoms with Crippen molar-refractivity contribution in [2.24, 2.45) is 0 Å². The summed E-state index contributed by atoms with van der Waals surface area (Å²) in [7, 11) is 0. The third-order valence-electron chi connectivity index (χ3n) is 4.33. The van der Waals surface area contributed by atoms with E-state index in [9.17, 15) is 4.79 Å². The zero-order chi connectivity index (χ0) is 18.1. The van der Waals surface area contributed by atoms with Gasteiger partial charge < -0.3 is 10.1 Å². The summed E-state index contributed by atoms with van der Waals surface area (Å²) in [5, 5.41) is 7.45. The minimum absolute atomic E-state index is 0.00414. The number of carbonyl (C=O) groups excluding carboxylic acids is 1. The fraction of sp³-hybridized carbons (Fsp3) is 0.150. The summed E-state index contributed by atoms with van der Waals surface area (Å²) in [6.07, 6.45) is 1.48. The van der Waals surface area contributed by atoms with Crippen molar-refractivity contribution < 1.29 is 9.53 Å². The van der Waals surface area contributed by atoms with Crippen LogP contribution < -0.4 is 10.1 Å². The molecule has 1 aliphatic rings. The molecule has 2 aromatic carbocycles. The number of nitrogens with one attached hydrogen (secondary N) is 1. The zero-order valence-corrected chi connectivity index (χ0v) is 14.5. The van der Waals surface area contributed by atoms with Crippen LogP contribution in [0.1, 0.15) is 25.5 Å². The number of nitrogens with zero attached hydrogens (tertiary/aromatic N) is 3. The van der Waals surface area contributed by atoms with Crippen molar-refractivity contribution in [1.29, 1.82) is 0 Å². The van der Waals surface area contributed by atoms with Crippen LogP contribution in [0.3, 0.4) is 0 Å². The van der Waals surface area contributed by atoms with E-state index in [0.717, 1.165) is 17.0 Å². The topological polar surface area (TPSA) is 69.0 Å². The Morgan fingerprint density at radius 3 is 2.65 bits per heavy atom. The molecule has 0 radical (unpaired) electrons. The van der Waals surface area contributed by atoms with Gasteiger partial charge in [0.15, 0.2) is 5.78 Å². The molecule has 0 aliphatic carbocycles. The van der Waals surface area contributed by atoms with Gasteiger partial charge in [0.1, 0.15) is 23.9 Å². The van der Waals surface area contributed by atoms with Crippen molar-refractivity contribution in [2.45, 2.75) is 19.9 Å². The number of aromatic nitrogens is 3. The molecule has 3 aromatic rings. The predicted molar refractivity (Wildman–Crippen MR) is 98.1 cm³/mol. The molecule has 1 atom stereocenters. The molecule has 0 bridgehead atoms. The SMILES string of the molecule is CC(=O)C1=C(C)Nc2ncnn2C1c1cccc(Oc2ccccc2)c1. The Bertz CT molecular complexity index is 992. The van der Waals surface area contributed by atoms with Crippen LogP contribution in [0.2, 0.25) is 0 Å². The molecule has 26 heavy (non-hydrogen) atoms. The van der Waals surface area contributed by atoms with Crippen LogP contribution in [0.15, 0.2) is 72.2 Å². The first-order valence-corrected chi connectivity index (χ1v) is 8.34. The van der Waals surface area contributed by atoms with Crippen LogP contribution in [0.4, 0.5) is 5.95 Å². The van der Waals surface area contributed by atoms with Gasteiger partial charge in [0.25, 0.3) is 0 Å². The van der Waals surface area contributed by atoms with Crippen LogP contribution in [0.5, 0.6) is 11.5 Å². The minimum atomic E-state index is -0.342. The standard InChI is InChI=1S/C20H18N4O2/c1-13-18(14(2)25)19(24-20(23-13)21-12-22-24)15-7-6-10-17(11-15)26-16-8-4-3-5-9-16/h3-12,19H,1-2H3,(H,21,22,23). The molecule has 0 saturated carbocycles. The maximum atomic E-state index is 12.3. The number of anilines is 1. The van der Waals surface area contributed by atoms with E-state index in [-0.39, 0.29) is 11.8 Å². The van der Waals surface area contributed by atoms with Crippen molar-refractivity contribution >= 4 is 11.7 Å². The number of fused-ring (bicyclic) bond motifs is 1. The normalized spacial score (nSPS) is 16.0. The number of rotatable bonds is 4. The monoisotopic (exact) mass is 346 g/mol. The molecule has 4 rings (SSSR count). The van der Waals surface area contributed by atoms with E-state index in [2.05, 4.69) is 15.4 Å². The Morgan fingerprint density at radius 1 is 1.12 bits per heavy atom. The van der Waals surface area contributed by atoms with Gasteiger partial charge in [-0.1, -0.05) is 30.3 Å². The highest BCUT2D eigenvalue weighted by Crippen LogP contribution is 2.36. The molecule has 1 aliphatic heterocycles. The number of para-hydroxylation sites is 1. The first kappa shape index (κ1) is 16.1. The number of ether oxygens (including phenoxy) is 1. The van der Waals surface area contributed by atoms with E-state index in [1.165, 1.54) is 6.33 Å². The molecule has 0 saturated heterocycles. The maximum absolute atomic E-state index is 12.3. The first-order chi connectivity index (χ1) is 12.6. The number of hydrogen-bond donors (Lipinski definition) is 1. The molecule has 6 heteroatoms. The number of allylic oxidation sites excluding steroid dienone is 2. The van der Waals surface area contributed by atoms with Gasteiger partial charge in [-0.3, -0.25) is 4.79 Å². The third kappa shape index (κ3) is 2.86. The number of benzene rings is 2. The van der Waals surface area contributed by atoms with Gasteiger partial charge in [-0.25, -0.2) is 4.68 Å². The lowest BCUT2D eigenvalue weighted by Crippen LogP contribution is -2.27. The second-order valence-electron chi connectivity index (χ2n) is 6.14. The van der Waals surface area contributed by atoms with Crippen molar-refractivity contribution in [3.8, 4) is 11.5 Å². The van der Waals surface area contributed by atoms with Crippen LogP contribution in [0.25, 0.3) is 0 Å². The molecular formula is C20H18N4O2. The number of hydrogen-bond acceptors (Lipinski definition) is 5. The van der Waals surface area contributed by atoms with Crippen LogP contribution in [0, 0.1) is 0 Å². The summed E-state index contributed by atoms with van der Waals surface area (Å²) >= 11 is 0. The summed E-state index contributed by atoms with van der Waals surface area (Å²) in [4.78, 5) is 16.5. The van der Waals surface area contributed by atoms with Crippen LogP contribution in [-0.4, -0.2) is 20.5 Å². The van der Waals surface area contributed by atoms with Gasteiger partial charge in [-0.2, -0.15) is 10.1 Å². The lowest BCUT2D eigenvalue weighted by molar-refractivity contribution is -0.114. The largest absolute Gasteiger partial charge is 0.457 e. The average molecular weight is 346 g/mol. The van der Waals surface area contributed by atoms with Crippen molar-refractivity contribution in [1.82, 2.24) is 14.8 Å². The van der Waals surface area contributed by atoms with Crippen LogP contribution in [-0.2, 0) is 4.79 Å². The highest BCUT2D eigenvalue weighted by atomic mass is 16.5. The Morgan fingerprint density at radius 2 is 1.88 bits per heavy atom. The van der Waals surface area contributed by atoms with E-state index in [0.29, 0.717) is 17.3 Å². The van der Waals surface area contributed by atoms with Gasteiger partial charge in [0, 0.05) is 11.3 Å². The Balaban J connectivity index is 1.77. The van der Waals surface area contributed by atoms with E-state index in [4.69, 9.17) is 4.74 Å². The molecule has 6 nitrogen and oxygen atoms in total. The van der Waals surface area contributed by atoms with Crippen molar-refractivity contribution in [3.05, 3.63) is 77.8 Å². The van der Waals surface area contributed by atoms with Gasteiger partial charge in [0.2, 0.25) is 5.95 Å². The third-order valence-corrected chi connectivity index (χ3v) is 4.33. The fourth-order valence-corrected chi connectivity index (χ4v) is 3.23. The van der Waals surface area contributed by atoms with Gasteiger partial charge in [0.05, 0.1) is 0 Å². The van der Waals surface area contributed by atoms with Gasteiger partial charge >= 0.3 is 0 Å². The van der Waals surface area contributed by atoms with E-state index < -0.39 is 0 Å². The summed E-state index contributed by atoms with van der Waals surface area (Å²) < 4.78 is 7.67. The second kappa shape index (κ2) is 6.48. The summed E-state index contributed by atoms with van der Waals surface area (Å²) in [5.41, 5.74) is 2.37. The molecule has 1 unspecified atom stereocenters. The minimum Gasteiger partial charge on any atom is -0.457 e. The summed E-state index contributed by atoms with van der Waals surface area (Å²) in [5.74, 6) is 2.08. The lowest BCUT2D eigenvalue weighted by Gasteiger charge is -2.28. The Kier molecular flexibility index (Phi) is 4.01. The van der Waals surface area contributed by atoms with Gasteiger partial charge in [-0.05, 0) is 43.7 Å². The zero-order valence-electron chi connectivity index (χ0n) is 14.5. The van der Waals surface area contributed by atoms with E-state index >= 15 is 0 Å². The smallest absolute Gasteiger partial charge is 0.226 e. The average Bonchev–Trinajstić information content (AvgIpc) is 3.09. The molecule has 1 aromatic heterocycles. The molecular weight excluding hydrogens is 328 g/mol. The highest BCUT2D eigenvalue weighted by Gasteiger charge is 2.31. The molecule has 130 valence electrons. The van der Waals surface area contributed by atoms with Crippen molar-refractivity contribution in [2.75, 3.05) is 5.32 Å². The Hall–Kier alpha value is -3.41. The lowest BCUT2D eigenvalue weighted by atomic mass is 9.93. The highest BCUT2D eigenvalue weighted by molar-refractivity contribution is 5.96. The molecule has 0 spiro atoms.